The largest absolute Gasteiger partial charge is 0.416 e. The van der Waals surface area contributed by atoms with Crippen molar-refractivity contribution in [2.45, 2.75) is 6.18 Å². The van der Waals surface area contributed by atoms with Crippen LogP contribution < -0.4 is 5.32 Å². The maximum Gasteiger partial charge on any atom is 0.416 e. The van der Waals surface area contributed by atoms with E-state index in [1.165, 1.54) is 24.4 Å². The molecule has 3 rings (SSSR count). The number of nitrogens with one attached hydrogen (secondary N) is 2. The Balaban J connectivity index is 1.86. The van der Waals surface area contributed by atoms with Gasteiger partial charge in [0, 0.05) is 22.8 Å². The summed E-state index contributed by atoms with van der Waals surface area (Å²) >= 11 is 0. The summed E-state index contributed by atoms with van der Waals surface area (Å²) in [4.78, 5) is 27.0. The molecule has 2 N–H and O–H groups in total. The van der Waals surface area contributed by atoms with E-state index in [9.17, 15) is 27.2 Å². The van der Waals surface area contributed by atoms with Crippen LogP contribution in [0.5, 0.6) is 0 Å². The average Bonchev–Trinajstić information content (AvgIpc) is 2.96. The Labute approximate surface area is 138 Å². The third-order valence-electron chi connectivity index (χ3n) is 3.54. The fraction of sp³-hybridized carbons (Fsp3) is 0.0588. The number of anilines is 1. The Morgan fingerprint density at radius 3 is 2.52 bits per heavy atom. The van der Waals surface area contributed by atoms with Crippen LogP contribution in [0.3, 0.4) is 0 Å². The van der Waals surface area contributed by atoms with Gasteiger partial charge in [-0.3, -0.25) is 9.59 Å². The zero-order valence-corrected chi connectivity index (χ0v) is 12.4. The van der Waals surface area contributed by atoms with Gasteiger partial charge in [0.2, 0.25) is 0 Å². The normalized spacial score (nSPS) is 11.5. The van der Waals surface area contributed by atoms with Crippen LogP contribution in [0.2, 0.25) is 0 Å². The number of aromatic amines is 1. The molecule has 0 saturated carbocycles. The number of benzene rings is 2. The molecule has 2 aromatic carbocycles. The number of hydrogen-bond donors (Lipinski definition) is 2. The molecule has 1 amide bonds. The average molecular weight is 350 g/mol. The summed E-state index contributed by atoms with van der Waals surface area (Å²) in [5.41, 5.74) is -0.735. The summed E-state index contributed by atoms with van der Waals surface area (Å²) in [6.45, 7) is 0. The topological polar surface area (TPSA) is 62.0 Å². The molecule has 0 atom stereocenters. The predicted molar refractivity (Wildman–Crippen MR) is 82.7 cm³/mol. The molecule has 1 aromatic heterocycles. The first-order valence-electron chi connectivity index (χ1n) is 7.05. The number of alkyl halides is 3. The molecule has 1 heterocycles. The smallest absolute Gasteiger partial charge is 0.360 e. The van der Waals surface area contributed by atoms with Gasteiger partial charge in [0.05, 0.1) is 11.1 Å². The van der Waals surface area contributed by atoms with Crippen molar-refractivity contribution < 1.29 is 27.2 Å². The van der Waals surface area contributed by atoms with E-state index in [0.29, 0.717) is 5.52 Å². The van der Waals surface area contributed by atoms with Gasteiger partial charge in [-0.15, -0.1) is 0 Å². The van der Waals surface area contributed by atoms with Gasteiger partial charge in [0.1, 0.15) is 5.82 Å². The Morgan fingerprint density at radius 2 is 1.80 bits per heavy atom. The summed E-state index contributed by atoms with van der Waals surface area (Å²) in [5.74, 6) is -2.70. The number of carbonyl (C=O) groups is 2. The van der Waals surface area contributed by atoms with Gasteiger partial charge in [-0.25, -0.2) is 4.39 Å². The first-order valence-corrected chi connectivity index (χ1v) is 7.05. The van der Waals surface area contributed by atoms with Crippen LogP contribution in [-0.2, 0) is 11.0 Å². The second-order valence-corrected chi connectivity index (χ2v) is 5.25. The number of rotatable bonds is 3. The maximum absolute atomic E-state index is 13.3. The Kier molecular flexibility index (Phi) is 4.03. The molecule has 25 heavy (non-hydrogen) atoms. The number of Topliss-reactive ketones (excluding diaryl/α,β-unsaturated/α-hetero) is 1. The molecule has 0 aliphatic rings. The second-order valence-electron chi connectivity index (χ2n) is 5.25. The summed E-state index contributed by atoms with van der Waals surface area (Å²) in [7, 11) is 0. The molecule has 0 unspecified atom stereocenters. The van der Waals surface area contributed by atoms with Crippen molar-refractivity contribution >= 4 is 28.3 Å². The minimum atomic E-state index is -4.57. The lowest BCUT2D eigenvalue weighted by molar-refractivity contribution is -0.137. The predicted octanol–water partition coefficient (Wildman–Crippen LogP) is 4.15. The molecule has 0 radical (unpaired) electrons. The molecule has 0 saturated heterocycles. The van der Waals surface area contributed by atoms with Crippen LogP contribution in [0.25, 0.3) is 10.9 Å². The van der Waals surface area contributed by atoms with Crippen LogP contribution in [0.4, 0.5) is 23.2 Å². The Morgan fingerprint density at radius 1 is 1.04 bits per heavy atom. The van der Waals surface area contributed by atoms with Crippen LogP contribution >= 0.6 is 0 Å². The molecule has 128 valence electrons. The van der Waals surface area contributed by atoms with E-state index in [-0.39, 0.29) is 16.6 Å². The van der Waals surface area contributed by atoms with E-state index in [1.807, 2.05) is 0 Å². The number of carbonyl (C=O) groups excluding carboxylic acids is 2. The fourth-order valence-corrected chi connectivity index (χ4v) is 2.36. The van der Waals surface area contributed by atoms with Gasteiger partial charge in [0.15, 0.2) is 0 Å². The van der Waals surface area contributed by atoms with Gasteiger partial charge in [0.25, 0.3) is 11.7 Å². The minimum absolute atomic E-state index is 0.0704. The van der Waals surface area contributed by atoms with Crippen LogP contribution in [-0.4, -0.2) is 16.7 Å². The molecule has 0 aliphatic carbocycles. The van der Waals surface area contributed by atoms with Crippen LogP contribution in [0.15, 0.2) is 48.7 Å². The quantitative estimate of drug-likeness (QED) is 0.424. The molecule has 4 nitrogen and oxygen atoms in total. The van der Waals surface area contributed by atoms with Gasteiger partial charge < -0.3 is 10.3 Å². The van der Waals surface area contributed by atoms with Gasteiger partial charge in [-0.1, -0.05) is 6.07 Å². The van der Waals surface area contributed by atoms with E-state index in [0.717, 1.165) is 24.3 Å². The summed E-state index contributed by atoms with van der Waals surface area (Å²) < 4.78 is 51.4. The van der Waals surface area contributed by atoms with E-state index < -0.39 is 29.2 Å². The summed E-state index contributed by atoms with van der Waals surface area (Å²) in [6, 6.07) is 7.61. The highest BCUT2D eigenvalue weighted by atomic mass is 19.4. The zero-order valence-electron chi connectivity index (χ0n) is 12.4. The Bertz CT molecular complexity index is 976. The molecule has 3 aromatic rings. The van der Waals surface area contributed by atoms with Crippen LogP contribution in [0.1, 0.15) is 15.9 Å². The monoisotopic (exact) mass is 350 g/mol. The number of aromatic nitrogens is 1. The van der Waals surface area contributed by atoms with E-state index >= 15 is 0 Å². The van der Waals surface area contributed by atoms with Crippen molar-refractivity contribution in [2.24, 2.45) is 0 Å². The first-order chi connectivity index (χ1) is 11.8. The minimum Gasteiger partial charge on any atom is -0.360 e. The highest BCUT2D eigenvalue weighted by Gasteiger charge is 2.30. The van der Waals surface area contributed by atoms with E-state index in [2.05, 4.69) is 10.3 Å². The Hall–Kier alpha value is -3.16. The molecule has 0 spiro atoms. The molecular formula is C17H10F4N2O2. The lowest BCUT2D eigenvalue weighted by atomic mass is 10.1. The van der Waals surface area contributed by atoms with Crippen molar-refractivity contribution in [1.29, 1.82) is 0 Å². The molecular weight excluding hydrogens is 340 g/mol. The first kappa shape index (κ1) is 16.7. The van der Waals surface area contributed by atoms with E-state index in [1.54, 1.807) is 0 Å². The number of H-pyrrole nitrogens is 1. The SMILES string of the molecule is O=C(Nc1cccc(C(F)(F)F)c1)C(=O)c1c[nH]c2ccc(F)cc12. The summed E-state index contributed by atoms with van der Waals surface area (Å²) in [5, 5.41) is 2.34. The van der Waals surface area contributed by atoms with Crippen molar-refractivity contribution in [3.63, 3.8) is 0 Å². The lowest BCUT2D eigenvalue weighted by Crippen LogP contribution is -2.23. The van der Waals surface area contributed by atoms with E-state index in [4.69, 9.17) is 0 Å². The molecule has 0 aliphatic heterocycles. The third-order valence-corrected chi connectivity index (χ3v) is 3.54. The number of hydrogen-bond acceptors (Lipinski definition) is 2. The number of fused-ring (bicyclic) bond motifs is 1. The number of ketones is 1. The molecule has 8 heteroatoms. The second kappa shape index (κ2) is 6.04. The highest BCUT2D eigenvalue weighted by Crippen LogP contribution is 2.30. The highest BCUT2D eigenvalue weighted by molar-refractivity contribution is 6.48. The number of halogens is 4. The van der Waals surface area contributed by atoms with Crippen molar-refractivity contribution in [2.75, 3.05) is 5.32 Å². The summed E-state index contributed by atoms with van der Waals surface area (Å²) in [6.07, 6.45) is -3.32. The van der Waals surface area contributed by atoms with Crippen molar-refractivity contribution in [3.05, 3.63) is 65.6 Å². The fourth-order valence-electron chi connectivity index (χ4n) is 2.36. The van der Waals surface area contributed by atoms with Crippen molar-refractivity contribution in [3.8, 4) is 0 Å². The maximum atomic E-state index is 13.3. The van der Waals surface area contributed by atoms with Gasteiger partial charge in [-0.2, -0.15) is 13.2 Å². The van der Waals surface area contributed by atoms with Gasteiger partial charge in [-0.05, 0) is 36.4 Å². The zero-order chi connectivity index (χ0) is 18.2. The molecule has 0 bridgehead atoms. The molecule has 0 fully saturated rings. The standard InChI is InChI=1S/C17H10F4N2O2/c18-10-4-5-14-12(7-10)13(8-22-14)15(24)16(25)23-11-3-1-2-9(6-11)17(19,20)21/h1-8,22H,(H,23,25). The lowest BCUT2D eigenvalue weighted by Gasteiger charge is -2.09. The van der Waals surface area contributed by atoms with Crippen molar-refractivity contribution in [1.82, 2.24) is 4.98 Å². The van der Waals surface area contributed by atoms with Gasteiger partial charge >= 0.3 is 6.18 Å². The number of amides is 1. The third kappa shape index (κ3) is 3.37. The van der Waals surface area contributed by atoms with Crippen LogP contribution in [0, 0.1) is 5.82 Å².